The van der Waals surface area contributed by atoms with E-state index in [1.807, 2.05) is 12.1 Å². The Morgan fingerprint density at radius 2 is 2.27 bits per heavy atom. The van der Waals surface area contributed by atoms with Crippen molar-refractivity contribution in [2.75, 3.05) is 0 Å². The molecule has 1 atom stereocenters. The molecule has 1 nitrogen and oxygen atoms in total. The highest BCUT2D eigenvalue weighted by molar-refractivity contribution is 7.16. The van der Waals surface area contributed by atoms with Crippen molar-refractivity contribution < 1.29 is 0 Å². The lowest BCUT2D eigenvalue weighted by molar-refractivity contribution is 0.645. The maximum atomic E-state index is 5.97. The average molecular weight is 188 g/mol. The van der Waals surface area contributed by atoms with Crippen molar-refractivity contribution in [3.8, 4) is 0 Å². The fraction of sp³-hybridized carbons (Fsp3) is 0.500. The molecule has 0 saturated heterocycles. The summed E-state index contributed by atoms with van der Waals surface area (Å²) in [5, 5.41) is 0. The lowest BCUT2D eigenvalue weighted by Crippen LogP contribution is -2.10. The molecule has 0 aromatic carbocycles. The lowest BCUT2D eigenvalue weighted by atomic mass is 10.2. The van der Waals surface area contributed by atoms with Crippen LogP contribution in [0.3, 0.4) is 0 Å². The molecule has 3 heteroatoms. The Bertz CT molecular complexity index is 254. The molecule has 1 heterocycles. The third-order valence-corrected chi connectivity index (χ3v) is 3.38. The van der Waals surface area contributed by atoms with E-state index in [1.54, 1.807) is 11.3 Å². The van der Waals surface area contributed by atoms with Gasteiger partial charge in [0.05, 0.1) is 4.34 Å². The number of nitrogens with two attached hydrogens (primary N) is 1. The summed E-state index contributed by atoms with van der Waals surface area (Å²) in [5.74, 6) is 0.727. The molecule has 0 spiro atoms. The second kappa shape index (κ2) is 2.77. The maximum absolute atomic E-state index is 5.97. The Morgan fingerprint density at radius 1 is 1.55 bits per heavy atom. The number of hydrogen-bond donors (Lipinski definition) is 1. The van der Waals surface area contributed by atoms with Gasteiger partial charge in [0.15, 0.2) is 0 Å². The van der Waals surface area contributed by atoms with Gasteiger partial charge in [-0.25, -0.2) is 0 Å². The number of thiophene rings is 1. The minimum absolute atomic E-state index is 0.243. The van der Waals surface area contributed by atoms with Gasteiger partial charge in [-0.3, -0.25) is 0 Å². The summed E-state index contributed by atoms with van der Waals surface area (Å²) in [6, 6.07) is 4.20. The first-order chi connectivity index (χ1) is 5.27. The Morgan fingerprint density at radius 3 is 2.73 bits per heavy atom. The van der Waals surface area contributed by atoms with E-state index in [0.717, 1.165) is 10.3 Å². The van der Waals surface area contributed by atoms with Crippen molar-refractivity contribution in [2.24, 2.45) is 11.7 Å². The molecule has 0 aliphatic heterocycles. The minimum Gasteiger partial charge on any atom is -0.323 e. The van der Waals surface area contributed by atoms with Gasteiger partial charge in [0.1, 0.15) is 0 Å². The van der Waals surface area contributed by atoms with Crippen molar-refractivity contribution in [3.63, 3.8) is 0 Å². The molecule has 1 aliphatic rings. The van der Waals surface area contributed by atoms with Crippen LogP contribution in [0.2, 0.25) is 4.34 Å². The van der Waals surface area contributed by atoms with E-state index < -0.39 is 0 Å². The molecule has 2 N–H and O–H groups in total. The molecule has 60 valence electrons. The molecule has 0 bridgehead atoms. The topological polar surface area (TPSA) is 26.0 Å². The molecule has 0 amide bonds. The van der Waals surface area contributed by atoms with E-state index >= 15 is 0 Å². The van der Waals surface area contributed by atoms with Gasteiger partial charge in [0, 0.05) is 10.9 Å². The Kier molecular flexibility index (Phi) is 1.91. The molecule has 1 unspecified atom stereocenters. The van der Waals surface area contributed by atoms with E-state index in [4.69, 9.17) is 17.3 Å². The van der Waals surface area contributed by atoms with Crippen LogP contribution in [0.5, 0.6) is 0 Å². The zero-order valence-corrected chi connectivity index (χ0v) is 7.66. The molecule has 1 aromatic rings. The molecule has 1 fully saturated rings. The summed E-state index contributed by atoms with van der Waals surface area (Å²) in [4.78, 5) is 1.23. The summed E-state index contributed by atoms with van der Waals surface area (Å²) in [6.45, 7) is 0. The predicted octanol–water partition coefficient (Wildman–Crippen LogP) is 2.81. The molecule has 11 heavy (non-hydrogen) atoms. The summed E-state index contributed by atoms with van der Waals surface area (Å²) in [5.41, 5.74) is 5.97. The molecule has 2 rings (SSSR count). The van der Waals surface area contributed by atoms with E-state index in [9.17, 15) is 0 Å². The monoisotopic (exact) mass is 187 g/mol. The quantitative estimate of drug-likeness (QED) is 0.757. The molecular formula is C8H10ClNS. The van der Waals surface area contributed by atoms with E-state index in [0.29, 0.717) is 0 Å². The number of rotatable bonds is 2. The van der Waals surface area contributed by atoms with Gasteiger partial charge < -0.3 is 5.73 Å². The van der Waals surface area contributed by atoms with Crippen LogP contribution in [0.15, 0.2) is 12.1 Å². The molecular weight excluding hydrogens is 178 g/mol. The lowest BCUT2D eigenvalue weighted by Gasteiger charge is -2.05. The SMILES string of the molecule is NC(c1ccc(Cl)s1)C1CC1. The Labute approximate surface area is 75.2 Å². The van der Waals surface area contributed by atoms with Gasteiger partial charge in [0.25, 0.3) is 0 Å². The highest BCUT2D eigenvalue weighted by Crippen LogP contribution is 2.41. The second-order valence-corrected chi connectivity index (χ2v) is 4.75. The van der Waals surface area contributed by atoms with Crippen LogP contribution in [-0.4, -0.2) is 0 Å². The smallest absolute Gasteiger partial charge is 0.0931 e. The van der Waals surface area contributed by atoms with Gasteiger partial charge in [-0.05, 0) is 30.9 Å². The van der Waals surface area contributed by atoms with E-state index in [1.165, 1.54) is 17.7 Å². The third kappa shape index (κ3) is 1.58. The highest BCUT2D eigenvalue weighted by atomic mass is 35.5. The van der Waals surface area contributed by atoms with Crippen molar-refractivity contribution in [2.45, 2.75) is 18.9 Å². The maximum Gasteiger partial charge on any atom is 0.0931 e. The normalized spacial score (nSPS) is 20.2. The standard InChI is InChI=1S/C8H10ClNS/c9-7-4-3-6(11-7)8(10)5-1-2-5/h3-5,8H,1-2,10H2. The number of halogens is 1. The Balaban J connectivity index is 2.14. The molecule has 1 saturated carbocycles. The zero-order chi connectivity index (χ0) is 7.84. The van der Waals surface area contributed by atoms with Crippen LogP contribution in [0.25, 0.3) is 0 Å². The van der Waals surface area contributed by atoms with Crippen LogP contribution in [0.4, 0.5) is 0 Å². The Hall–Kier alpha value is -0.0500. The van der Waals surface area contributed by atoms with E-state index in [2.05, 4.69) is 0 Å². The van der Waals surface area contributed by atoms with Crippen molar-refractivity contribution in [3.05, 3.63) is 21.3 Å². The van der Waals surface area contributed by atoms with Crippen LogP contribution in [-0.2, 0) is 0 Å². The number of hydrogen-bond acceptors (Lipinski definition) is 2. The molecule has 0 radical (unpaired) electrons. The van der Waals surface area contributed by atoms with Gasteiger partial charge in [-0.15, -0.1) is 11.3 Å². The average Bonchev–Trinajstić information content (AvgIpc) is 2.74. The summed E-state index contributed by atoms with van der Waals surface area (Å²) in [6.07, 6.45) is 2.58. The highest BCUT2D eigenvalue weighted by Gasteiger charge is 2.30. The van der Waals surface area contributed by atoms with Crippen molar-refractivity contribution in [1.29, 1.82) is 0 Å². The predicted molar refractivity (Wildman–Crippen MR) is 49.0 cm³/mol. The van der Waals surface area contributed by atoms with Crippen LogP contribution in [0, 0.1) is 5.92 Å². The van der Waals surface area contributed by atoms with Crippen LogP contribution in [0.1, 0.15) is 23.8 Å². The van der Waals surface area contributed by atoms with Crippen LogP contribution < -0.4 is 5.73 Å². The van der Waals surface area contributed by atoms with Gasteiger partial charge in [0.2, 0.25) is 0 Å². The first kappa shape index (κ1) is 7.59. The van der Waals surface area contributed by atoms with Gasteiger partial charge >= 0.3 is 0 Å². The summed E-state index contributed by atoms with van der Waals surface area (Å²) in [7, 11) is 0. The third-order valence-electron chi connectivity index (χ3n) is 2.05. The van der Waals surface area contributed by atoms with Gasteiger partial charge in [-0.1, -0.05) is 11.6 Å². The summed E-state index contributed by atoms with van der Waals surface area (Å²) < 4.78 is 0.844. The summed E-state index contributed by atoms with van der Waals surface area (Å²) >= 11 is 7.40. The zero-order valence-electron chi connectivity index (χ0n) is 6.09. The first-order valence-electron chi connectivity index (χ1n) is 3.78. The van der Waals surface area contributed by atoms with Crippen molar-refractivity contribution >= 4 is 22.9 Å². The largest absolute Gasteiger partial charge is 0.323 e. The minimum atomic E-state index is 0.243. The molecule has 1 aliphatic carbocycles. The molecule has 1 aromatic heterocycles. The van der Waals surface area contributed by atoms with E-state index in [-0.39, 0.29) is 6.04 Å². The fourth-order valence-corrected chi connectivity index (χ4v) is 2.35. The fourth-order valence-electron chi connectivity index (χ4n) is 1.20. The second-order valence-electron chi connectivity index (χ2n) is 3.01. The van der Waals surface area contributed by atoms with Crippen molar-refractivity contribution in [1.82, 2.24) is 0 Å². The van der Waals surface area contributed by atoms with Crippen LogP contribution >= 0.6 is 22.9 Å². The first-order valence-corrected chi connectivity index (χ1v) is 4.97. The van der Waals surface area contributed by atoms with Gasteiger partial charge in [-0.2, -0.15) is 0 Å².